The fourth-order valence-corrected chi connectivity index (χ4v) is 3.47. The van der Waals surface area contributed by atoms with Crippen LogP contribution in [0.4, 0.5) is 4.79 Å². The average molecular weight is 347 g/mol. The van der Waals surface area contributed by atoms with Gasteiger partial charge in [-0.05, 0) is 6.42 Å². The van der Waals surface area contributed by atoms with Gasteiger partial charge in [0.1, 0.15) is 24.3 Å². The topological polar surface area (TPSA) is 94.8 Å². The van der Waals surface area contributed by atoms with Gasteiger partial charge in [-0.1, -0.05) is 11.8 Å². The summed E-state index contributed by atoms with van der Waals surface area (Å²) in [5, 5.41) is 20.9. The largest absolute Gasteiger partial charge is 0.447 e. The molecule has 2 rings (SSSR count). The predicted octanol–water partition coefficient (Wildman–Crippen LogP) is -0.0539. The molecule has 2 saturated heterocycles. The van der Waals surface area contributed by atoms with E-state index in [2.05, 4.69) is 9.89 Å². The van der Waals surface area contributed by atoms with Gasteiger partial charge in [-0.15, -0.1) is 0 Å². The van der Waals surface area contributed by atoms with Gasteiger partial charge in [0, 0.05) is 40.7 Å². The maximum absolute atomic E-state index is 11.5. The Hall–Kier alpha value is -1.03. The van der Waals surface area contributed by atoms with Crippen LogP contribution in [0.3, 0.4) is 0 Å². The van der Waals surface area contributed by atoms with Crippen molar-refractivity contribution in [2.24, 2.45) is 4.99 Å². The molecular weight excluding hydrogens is 322 g/mol. The molecule has 0 aromatic carbocycles. The normalized spacial score (nSPS) is 31.5. The molecule has 8 nitrogen and oxygen atoms in total. The van der Waals surface area contributed by atoms with E-state index in [1.165, 1.54) is 16.7 Å². The predicted molar refractivity (Wildman–Crippen MR) is 87.5 cm³/mol. The zero-order chi connectivity index (χ0) is 17.0. The Bertz CT molecular complexity index is 444. The second kappa shape index (κ2) is 8.18. The lowest BCUT2D eigenvalue weighted by Gasteiger charge is -2.39. The van der Waals surface area contributed by atoms with Crippen molar-refractivity contribution in [1.29, 1.82) is 0 Å². The number of thioether (sulfide) groups is 1. The summed E-state index contributed by atoms with van der Waals surface area (Å²) >= 11 is 1.43. The molecule has 0 aromatic rings. The number of carbonyl (C=O) groups is 1. The van der Waals surface area contributed by atoms with Crippen LogP contribution in [-0.2, 0) is 9.47 Å². The third kappa shape index (κ3) is 4.72. The molecule has 0 aromatic heterocycles. The van der Waals surface area contributed by atoms with Crippen LogP contribution in [0.25, 0.3) is 0 Å². The summed E-state index contributed by atoms with van der Waals surface area (Å²) in [5.41, 5.74) is -0.337. The molecule has 0 saturated carbocycles. The smallest absolute Gasteiger partial charge is 0.409 e. The minimum Gasteiger partial charge on any atom is -0.447 e. The number of carbonyl (C=O) groups excluding carboxylic acids is 1. The highest BCUT2D eigenvalue weighted by atomic mass is 32.2. The van der Waals surface area contributed by atoms with Crippen LogP contribution >= 0.6 is 11.8 Å². The quantitative estimate of drug-likeness (QED) is 0.546. The molecule has 0 spiro atoms. The Labute approximate surface area is 140 Å². The number of amidine groups is 1. The number of amides is 1. The Kier molecular flexibility index (Phi) is 6.51. The van der Waals surface area contributed by atoms with E-state index in [9.17, 15) is 15.0 Å². The summed E-state index contributed by atoms with van der Waals surface area (Å²) < 4.78 is 10.9. The molecule has 2 N–H and O–H groups in total. The molecule has 23 heavy (non-hydrogen) atoms. The number of likely N-dealkylation sites (tertiary alicyclic amines) is 1. The van der Waals surface area contributed by atoms with Crippen LogP contribution in [-0.4, -0.2) is 95.9 Å². The molecule has 9 heteroatoms. The fourth-order valence-electron chi connectivity index (χ4n) is 2.31. The molecule has 2 aliphatic heterocycles. The summed E-state index contributed by atoms with van der Waals surface area (Å²) in [6.07, 6.45) is -1.81. The van der Waals surface area contributed by atoms with E-state index in [1.54, 1.807) is 21.1 Å². The van der Waals surface area contributed by atoms with Crippen LogP contribution in [0, 0.1) is 0 Å². The summed E-state index contributed by atoms with van der Waals surface area (Å²) in [4.78, 5) is 19.2. The first-order valence-corrected chi connectivity index (χ1v) is 8.54. The van der Waals surface area contributed by atoms with Crippen molar-refractivity contribution in [2.75, 3.05) is 40.8 Å². The van der Waals surface area contributed by atoms with E-state index in [-0.39, 0.29) is 12.0 Å². The van der Waals surface area contributed by atoms with Crippen molar-refractivity contribution in [3.8, 4) is 0 Å². The third-order valence-corrected chi connectivity index (χ3v) is 5.04. The van der Waals surface area contributed by atoms with Gasteiger partial charge in [0.25, 0.3) is 0 Å². The zero-order valence-corrected chi connectivity index (χ0v) is 14.5. The van der Waals surface area contributed by atoms with Crippen molar-refractivity contribution in [1.82, 2.24) is 9.80 Å². The zero-order valence-electron chi connectivity index (χ0n) is 13.7. The maximum atomic E-state index is 11.5. The fraction of sp³-hybridized carbons (Fsp3) is 0.857. The number of aliphatic hydroxyl groups is 2. The van der Waals surface area contributed by atoms with Gasteiger partial charge in [0.2, 0.25) is 0 Å². The highest BCUT2D eigenvalue weighted by molar-refractivity contribution is 8.14. The molecule has 0 bridgehead atoms. The SMILES string of the molecule is C/N=C(\S[C@@H]1C[C@@H](O)[C@H](O)[C@@H](COC(=O)N(C)C)O1)N1CCC1. The second-order valence-corrected chi connectivity index (χ2v) is 6.96. The Morgan fingerprint density at radius 2 is 2.13 bits per heavy atom. The Morgan fingerprint density at radius 3 is 2.65 bits per heavy atom. The van der Waals surface area contributed by atoms with E-state index in [4.69, 9.17) is 9.47 Å². The number of aliphatic hydroxyl groups excluding tert-OH is 2. The van der Waals surface area contributed by atoms with Crippen molar-refractivity contribution >= 4 is 23.0 Å². The van der Waals surface area contributed by atoms with Crippen molar-refractivity contribution in [3.63, 3.8) is 0 Å². The monoisotopic (exact) mass is 347 g/mol. The first-order chi connectivity index (χ1) is 10.9. The second-order valence-electron chi connectivity index (χ2n) is 5.83. The highest BCUT2D eigenvalue weighted by Gasteiger charge is 2.39. The maximum Gasteiger partial charge on any atom is 0.409 e. The lowest BCUT2D eigenvalue weighted by atomic mass is 10.0. The molecule has 0 radical (unpaired) electrons. The molecule has 4 atom stereocenters. The summed E-state index contributed by atoms with van der Waals surface area (Å²) in [7, 11) is 4.88. The van der Waals surface area contributed by atoms with Crippen LogP contribution in [0.5, 0.6) is 0 Å². The van der Waals surface area contributed by atoms with Crippen molar-refractivity contribution in [3.05, 3.63) is 0 Å². The molecule has 0 aliphatic carbocycles. The Balaban J connectivity index is 1.90. The molecule has 2 heterocycles. The van der Waals surface area contributed by atoms with Gasteiger partial charge >= 0.3 is 6.09 Å². The van der Waals surface area contributed by atoms with E-state index in [1.807, 2.05) is 0 Å². The standard InChI is InChI=1S/C14H25N3O5S/c1-15-13(17-5-4-6-17)23-11-7-9(18)12(19)10(22-11)8-21-14(20)16(2)3/h9-12,18-19H,4-8H2,1-3H3/b15-13-/t9-,10-,11-,12+/m1/s1. The van der Waals surface area contributed by atoms with Gasteiger partial charge in [-0.3, -0.25) is 4.99 Å². The minimum absolute atomic E-state index is 0.103. The van der Waals surface area contributed by atoms with Crippen LogP contribution in [0.1, 0.15) is 12.8 Å². The van der Waals surface area contributed by atoms with Crippen LogP contribution in [0.2, 0.25) is 0 Å². The lowest BCUT2D eigenvalue weighted by Crippen LogP contribution is -2.51. The number of hydrogen-bond acceptors (Lipinski definition) is 7. The van der Waals surface area contributed by atoms with Gasteiger partial charge in [0.15, 0.2) is 5.17 Å². The van der Waals surface area contributed by atoms with E-state index < -0.39 is 24.4 Å². The van der Waals surface area contributed by atoms with Crippen molar-refractivity contribution < 1.29 is 24.5 Å². The highest BCUT2D eigenvalue weighted by Crippen LogP contribution is 2.31. The number of hydrogen-bond donors (Lipinski definition) is 2. The summed E-state index contributed by atoms with van der Waals surface area (Å²) in [6, 6.07) is 0. The van der Waals surface area contributed by atoms with Crippen LogP contribution in [0.15, 0.2) is 4.99 Å². The minimum atomic E-state index is -1.08. The van der Waals surface area contributed by atoms with Gasteiger partial charge in [-0.25, -0.2) is 4.79 Å². The first-order valence-electron chi connectivity index (χ1n) is 7.66. The number of aliphatic imine (C=N–C) groups is 1. The summed E-state index contributed by atoms with van der Waals surface area (Å²) in [5.74, 6) is 0. The molecule has 132 valence electrons. The number of ether oxygens (including phenoxy) is 2. The molecular formula is C14H25N3O5S. The van der Waals surface area contributed by atoms with Crippen molar-refractivity contribution in [2.45, 2.75) is 36.6 Å². The van der Waals surface area contributed by atoms with E-state index in [0.717, 1.165) is 24.7 Å². The molecule has 2 aliphatic rings. The van der Waals surface area contributed by atoms with E-state index >= 15 is 0 Å². The van der Waals surface area contributed by atoms with Gasteiger partial charge in [-0.2, -0.15) is 0 Å². The summed E-state index contributed by atoms with van der Waals surface area (Å²) in [6.45, 7) is 1.84. The third-order valence-electron chi connectivity index (χ3n) is 3.83. The van der Waals surface area contributed by atoms with Gasteiger partial charge in [0.05, 0.1) is 6.10 Å². The number of nitrogens with zero attached hydrogens (tertiary/aromatic N) is 3. The molecule has 0 unspecified atom stereocenters. The number of rotatable bonds is 3. The molecule has 2 fully saturated rings. The Morgan fingerprint density at radius 1 is 1.43 bits per heavy atom. The van der Waals surface area contributed by atoms with Gasteiger partial charge < -0.3 is 29.5 Å². The molecule has 1 amide bonds. The lowest BCUT2D eigenvalue weighted by molar-refractivity contribution is -0.157. The first kappa shape index (κ1) is 18.3. The van der Waals surface area contributed by atoms with E-state index in [0.29, 0.717) is 6.42 Å². The van der Waals surface area contributed by atoms with Crippen LogP contribution < -0.4 is 0 Å². The average Bonchev–Trinajstić information content (AvgIpc) is 2.46.